The van der Waals surface area contributed by atoms with E-state index in [-0.39, 0.29) is 17.9 Å². The van der Waals surface area contributed by atoms with Crippen molar-refractivity contribution in [3.8, 4) is 0 Å². The second-order valence-corrected chi connectivity index (χ2v) is 7.78. The van der Waals surface area contributed by atoms with Gasteiger partial charge in [0.25, 0.3) is 0 Å². The van der Waals surface area contributed by atoms with Crippen molar-refractivity contribution in [2.45, 2.75) is 12.5 Å². The number of fused-ring (bicyclic) bond motifs is 3. The van der Waals surface area contributed by atoms with Crippen LogP contribution in [0.3, 0.4) is 0 Å². The van der Waals surface area contributed by atoms with Crippen molar-refractivity contribution in [1.82, 2.24) is 9.88 Å². The molecule has 2 N–H and O–H groups in total. The molecule has 0 saturated carbocycles. The van der Waals surface area contributed by atoms with Crippen LogP contribution >= 0.6 is 11.6 Å². The lowest BCUT2D eigenvalue weighted by Gasteiger charge is -2.36. The Morgan fingerprint density at radius 2 is 1.77 bits per heavy atom. The summed E-state index contributed by atoms with van der Waals surface area (Å²) in [5.74, 6) is -0.307. The highest BCUT2D eigenvalue weighted by molar-refractivity contribution is 6.33. The highest BCUT2D eigenvalue weighted by Gasteiger charge is 2.34. The molecule has 1 atom stereocenters. The van der Waals surface area contributed by atoms with E-state index in [4.69, 9.17) is 11.6 Å². The maximum Gasteiger partial charge on any atom is 0.322 e. The lowest BCUT2D eigenvalue weighted by Crippen LogP contribution is -2.43. The van der Waals surface area contributed by atoms with Crippen molar-refractivity contribution in [1.29, 1.82) is 0 Å². The topological polar surface area (TPSA) is 48.1 Å². The van der Waals surface area contributed by atoms with Gasteiger partial charge in [-0.2, -0.15) is 0 Å². The fourth-order valence-electron chi connectivity index (χ4n) is 4.20. The number of benzene rings is 3. The molecule has 5 rings (SSSR count). The highest BCUT2D eigenvalue weighted by Crippen LogP contribution is 2.39. The highest BCUT2D eigenvalue weighted by atomic mass is 35.5. The summed E-state index contributed by atoms with van der Waals surface area (Å²) < 4.78 is 13.6. The van der Waals surface area contributed by atoms with Gasteiger partial charge in [0.1, 0.15) is 5.82 Å². The van der Waals surface area contributed by atoms with E-state index in [1.54, 1.807) is 29.2 Å². The Hall–Kier alpha value is -3.31. The Kier molecular flexibility index (Phi) is 4.68. The molecule has 4 nitrogen and oxygen atoms in total. The first-order valence-electron chi connectivity index (χ1n) is 9.79. The van der Waals surface area contributed by atoms with Crippen LogP contribution in [0.25, 0.3) is 10.9 Å². The number of nitrogens with one attached hydrogen (secondary N) is 2. The first kappa shape index (κ1) is 18.7. The third-order valence-electron chi connectivity index (χ3n) is 5.60. The Balaban J connectivity index is 1.59. The summed E-state index contributed by atoms with van der Waals surface area (Å²) in [5.41, 5.74) is 4.59. The Bertz CT molecular complexity index is 1230. The van der Waals surface area contributed by atoms with Gasteiger partial charge in [0.05, 0.1) is 16.8 Å². The monoisotopic (exact) mass is 419 g/mol. The lowest BCUT2D eigenvalue weighted by atomic mass is 9.92. The first-order valence-corrected chi connectivity index (χ1v) is 10.2. The predicted molar refractivity (Wildman–Crippen MR) is 117 cm³/mol. The first-order chi connectivity index (χ1) is 14.6. The Labute approximate surface area is 178 Å². The normalized spacial score (nSPS) is 15.8. The quantitative estimate of drug-likeness (QED) is 0.402. The van der Waals surface area contributed by atoms with E-state index in [2.05, 4.69) is 16.4 Å². The predicted octanol–water partition coefficient (Wildman–Crippen LogP) is 6.14. The third-order valence-corrected chi connectivity index (χ3v) is 5.93. The lowest BCUT2D eigenvalue weighted by molar-refractivity contribution is 0.193. The van der Waals surface area contributed by atoms with Crippen LogP contribution < -0.4 is 5.32 Å². The van der Waals surface area contributed by atoms with E-state index in [9.17, 15) is 9.18 Å². The second-order valence-electron chi connectivity index (χ2n) is 7.37. The number of rotatable bonds is 2. The number of anilines is 1. The number of halogens is 2. The number of nitrogens with zero attached hydrogens (tertiary/aromatic N) is 1. The molecule has 2 amide bonds. The zero-order chi connectivity index (χ0) is 20.7. The number of carbonyl (C=O) groups excluding carboxylic acids is 1. The maximum atomic E-state index is 13.6. The summed E-state index contributed by atoms with van der Waals surface area (Å²) in [7, 11) is 0. The van der Waals surface area contributed by atoms with Gasteiger partial charge in [-0.15, -0.1) is 0 Å². The molecule has 0 unspecified atom stereocenters. The van der Waals surface area contributed by atoms with Crippen LogP contribution in [0.2, 0.25) is 5.02 Å². The number of carbonyl (C=O) groups is 1. The van der Waals surface area contributed by atoms with E-state index in [1.807, 2.05) is 30.3 Å². The SMILES string of the molecule is O=C(Nc1ccccc1Cl)N1CCc2c([nH]c3ccccc23)[C@@H]1c1ccc(F)cc1. The minimum absolute atomic E-state index is 0.248. The fourth-order valence-corrected chi connectivity index (χ4v) is 4.38. The van der Waals surface area contributed by atoms with Crippen molar-refractivity contribution < 1.29 is 9.18 Å². The number of hydrogen-bond acceptors (Lipinski definition) is 1. The molecule has 0 bridgehead atoms. The standard InChI is InChI=1S/C24H19ClFN3O/c25-19-6-2-4-8-21(19)28-24(30)29-14-13-18-17-5-1-3-7-20(17)27-22(18)23(29)15-9-11-16(26)12-10-15/h1-12,23,27H,13-14H2,(H,28,30)/t23-/m0/s1. The molecule has 30 heavy (non-hydrogen) atoms. The number of hydrogen-bond donors (Lipinski definition) is 2. The van der Waals surface area contributed by atoms with E-state index in [0.29, 0.717) is 17.3 Å². The average molecular weight is 420 g/mol. The number of para-hydroxylation sites is 2. The van der Waals surface area contributed by atoms with Crippen LogP contribution in [0.4, 0.5) is 14.9 Å². The molecule has 0 radical (unpaired) electrons. The second kappa shape index (κ2) is 7.50. The summed E-state index contributed by atoms with van der Waals surface area (Å²) in [6, 6.07) is 21.0. The minimum Gasteiger partial charge on any atom is -0.356 e. The van der Waals surface area contributed by atoms with Crippen LogP contribution in [-0.2, 0) is 6.42 Å². The average Bonchev–Trinajstić information content (AvgIpc) is 3.14. The zero-order valence-corrected chi connectivity index (χ0v) is 16.8. The van der Waals surface area contributed by atoms with Crippen LogP contribution in [0.1, 0.15) is 22.9 Å². The van der Waals surface area contributed by atoms with Gasteiger partial charge in [-0.1, -0.05) is 54.1 Å². The van der Waals surface area contributed by atoms with Crippen LogP contribution in [0.15, 0.2) is 72.8 Å². The van der Waals surface area contributed by atoms with E-state index >= 15 is 0 Å². The molecule has 0 spiro atoms. The van der Waals surface area contributed by atoms with Crippen molar-refractivity contribution in [3.63, 3.8) is 0 Å². The summed E-state index contributed by atoms with van der Waals surface area (Å²) in [4.78, 5) is 18.5. The summed E-state index contributed by atoms with van der Waals surface area (Å²) in [5, 5.41) is 4.56. The van der Waals surface area contributed by atoms with Crippen LogP contribution in [0.5, 0.6) is 0 Å². The molecular formula is C24H19ClFN3O. The summed E-state index contributed by atoms with van der Waals surface area (Å²) >= 11 is 6.23. The van der Waals surface area contributed by atoms with E-state index < -0.39 is 0 Å². The number of amides is 2. The molecule has 1 aliphatic rings. The largest absolute Gasteiger partial charge is 0.356 e. The number of aromatic nitrogens is 1. The van der Waals surface area contributed by atoms with Gasteiger partial charge in [0.15, 0.2) is 0 Å². The molecular weight excluding hydrogens is 401 g/mol. The van der Waals surface area contributed by atoms with Gasteiger partial charge < -0.3 is 15.2 Å². The molecule has 150 valence electrons. The summed E-state index contributed by atoms with van der Waals surface area (Å²) in [6.07, 6.45) is 0.729. The minimum atomic E-state index is -0.357. The van der Waals surface area contributed by atoms with Gasteiger partial charge in [0.2, 0.25) is 0 Å². The molecule has 6 heteroatoms. The third kappa shape index (κ3) is 3.21. The van der Waals surface area contributed by atoms with E-state index in [0.717, 1.165) is 28.6 Å². The smallest absolute Gasteiger partial charge is 0.322 e. The molecule has 4 aromatic rings. The van der Waals surface area contributed by atoms with Crippen molar-refractivity contribution >= 4 is 34.2 Å². The van der Waals surface area contributed by atoms with Crippen molar-refractivity contribution in [2.24, 2.45) is 0 Å². The number of H-pyrrole nitrogens is 1. The molecule has 0 saturated heterocycles. The van der Waals surface area contributed by atoms with Gasteiger partial charge in [-0.05, 0) is 47.9 Å². The molecule has 1 aliphatic heterocycles. The number of urea groups is 1. The van der Waals surface area contributed by atoms with Crippen LogP contribution in [-0.4, -0.2) is 22.5 Å². The van der Waals surface area contributed by atoms with Crippen LogP contribution in [0, 0.1) is 5.82 Å². The molecule has 1 aromatic heterocycles. The van der Waals surface area contributed by atoms with Gasteiger partial charge >= 0.3 is 6.03 Å². The zero-order valence-electron chi connectivity index (χ0n) is 16.0. The number of aromatic amines is 1. The molecule has 3 aromatic carbocycles. The Morgan fingerprint density at radius 1 is 1.03 bits per heavy atom. The molecule has 0 aliphatic carbocycles. The van der Waals surface area contributed by atoms with Crippen molar-refractivity contribution in [3.05, 3.63) is 100 Å². The summed E-state index contributed by atoms with van der Waals surface area (Å²) in [6.45, 7) is 0.535. The Morgan fingerprint density at radius 3 is 2.57 bits per heavy atom. The van der Waals surface area contributed by atoms with Gasteiger partial charge in [-0.3, -0.25) is 0 Å². The van der Waals surface area contributed by atoms with Gasteiger partial charge in [-0.25, -0.2) is 9.18 Å². The van der Waals surface area contributed by atoms with E-state index in [1.165, 1.54) is 17.7 Å². The molecule has 0 fully saturated rings. The van der Waals surface area contributed by atoms with Crippen molar-refractivity contribution in [2.75, 3.05) is 11.9 Å². The van der Waals surface area contributed by atoms with Gasteiger partial charge in [0, 0.05) is 23.1 Å². The maximum absolute atomic E-state index is 13.6. The molecule has 2 heterocycles. The fraction of sp³-hybridized carbons (Fsp3) is 0.125.